The van der Waals surface area contributed by atoms with Crippen LogP contribution in [0.5, 0.6) is 0 Å². The lowest BCUT2D eigenvalue weighted by atomic mass is 10.1. The van der Waals surface area contributed by atoms with Crippen LogP contribution in [0.15, 0.2) is 34.9 Å². The molecule has 0 aliphatic carbocycles. The van der Waals surface area contributed by atoms with Crippen LogP contribution in [-0.4, -0.2) is 5.16 Å². The van der Waals surface area contributed by atoms with Gasteiger partial charge in [-0.15, -0.1) is 0 Å². The minimum atomic E-state index is 0.410. The van der Waals surface area contributed by atoms with Crippen LogP contribution in [-0.2, 0) is 0 Å². The van der Waals surface area contributed by atoms with Crippen LogP contribution < -0.4 is 0 Å². The van der Waals surface area contributed by atoms with Gasteiger partial charge < -0.3 is 4.52 Å². The van der Waals surface area contributed by atoms with Gasteiger partial charge in [0.05, 0.1) is 5.69 Å². The van der Waals surface area contributed by atoms with Crippen LogP contribution in [0.2, 0.25) is 0 Å². The Morgan fingerprint density at radius 3 is 2.33 bits per heavy atom. The second kappa shape index (κ2) is 3.89. The summed E-state index contributed by atoms with van der Waals surface area (Å²) in [5.74, 6) is 1.26. The molecule has 0 bridgehead atoms. The third-order valence-electron chi connectivity index (χ3n) is 2.46. The molecule has 2 rings (SSSR count). The van der Waals surface area contributed by atoms with Gasteiger partial charge in [-0.2, -0.15) is 0 Å². The molecule has 1 aromatic heterocycles. The lowest BCUT2D eigenvalue weighted by molar-refractivity contribution is 0.420. The molecule has 0 aliphatic heterocycles. The Bertz CT molecular complexity index is 440. The van der Waals surface area contributed by atoms with Crippen LogP contribution in [0.3, 0.4) is 0 Å². The van der Waals surface area contributed by atoms with Gasteiger partial charge >= 0.3 is 0 Å². The number of rotatable bonds is 2. The summed E-state index contributed by atoms with van der Waals surface area (Å²) in [6.45, 7) is 6.29. The molecule has 78 valence electrons. The number of aromatic nitrogens is 1. The van der Waals surface area contributed by atoms with E-state index in [0.29, 0.717) is 5.92 Å². The number of hydrogen-bond donors (Lipinski definition) is 0. The number of benzene rings is 1. The Kier molecular flexibility index (Phi) is 2.58. The summed E-state index contributed by atoms with van der Waals surface area (Å²) in [5, 5.41) is 4.04. The van der Waals surface area contributed by atoms with Crippen molar-refractivity contribution in [1.82, 2.24) is 5.16 Å². The van der Waals surface area contributed by atoms with Crippen molar-refractivity contribution in [2.75, 3.05) is 0 Å². The van der Waals surface area contributed by atoms with Crippen molar-refractivity contribution < 1.29 is 4.52 Å². The average molecular weight is 201 g/mol. The summed E-state index contributed by atoms with van der Waals surface area (Å²) >= 11 is 0. The Morgan fingerprint density at radius 2 is 1.80 bits per heavy atom. The first-order chi connectivity index (χ1) is 7.16. The van der Waals surface area contributed by atoms with Gasteiger partial charge in [0.15, 0.2) is 5.76 Å². The number of aryl methyl sites for hydroxylation is 1. The van der Waals surface area contributed by atoms with Gasteiger partial charge in [0.25, 0.3) is 0 Å². The SMILES string of the molecule is Cc1ccc(-c2cc(C(C)C)no2)cc1. The first-order valence-electron chi connectivity index (χ1n) is 5.20. The molecule has 0 saturated heterocycles. The molecule has 0 N–H and O–H groups in total. The molecule has 0 spiro atoms. The maximum Gasteiger partial charge on any atom is 0.167 e. The van der Waals surface area contributed by atoms with E-state index in [-0.39, 0.29) is 0 Å². The Morgan fingerprint density at radius 1 is 1.13 bits per heavy atom. The van der Waals surface area contributed by atoms with E-state index in [1.807, 2.05) is 6.07 Å². The molecule has 1 aromatic carbocycles. The highest BCUT2D eigenvalue weighted by atomic mass is 16.5. The molecule has 0 amide bonds. The molecule has 1 heterocycles. The Balaban J connectivity index is 2.33. The smallest absolute Gasteiger partial charge is 0.167 e. The molecular weight excluding hydrogens is 186 g/mol. The molecular formula is C13H15NO. The first kappa shape index (κ1) is 9.97. The molecule has 0 fully saturated rings. The van der Waals surface area contributed by atoms with Crippen molar-refractivity contribution in [1.29, 1.82) is 0 Å². The van der Waals surface area contributed by atoms with Gasteiger partial charge in [0.2, 0.25) is 0 Å². The van der Waals surface area contributed by atoms with Crippen LogP contribution in [0, 0.1) is 6.92 Å². The standard InChI is InChI=1S/C13H15NO/c1-9(2)12-8-13(15-14-12)11-6-4-10(3)5-7-11/h4-9H,1-3H3. The van der Waals surface area contributed by atoms with Crippen molar-refractivity contribution in [2.24, 2.45) is 0 Å². The lowest BCUT2D eigenvalue weighted by Crippen LogP contribution is -1.84. The minimum Gasteiger partial charge on any atom is -0.356 e. The van der Waals surface area contributed by atoms with Gasteiger partial charge in [-0.25, -0.2) is 0 Å². The monoisotopic (exact) mass is 201 g/mol. The third kappa shape index (κ3) is 2.09. The summed E-state index contributed by atoms with van der Waals surface area (Å²) in [6, 6.07) is 10.3. The highest BCUT2D eigenvalue weighted by molar-refractivity contribution is 5.57. The average Bonchev–Trinajstić information content (AvgIpc) is 2.68. The predicted molar refractivity (Wildman–Crippen MR) is 60.8 cm³/mol. The van der Waals surface area contributed by atoms with E-state index in [2.05, 4.69) is 50.2 Å². The van der Waals surface area contributed by atoms with Gasteiger partial charge in [0, 0.05) is 11.6 Å². The molecule has 0 unspecified atom stereocenters. The van der Waals surface area contributed by atoms with Crippen LogP contribution in [0.4, 0.5) is 0 Å². The predicted octanol–water partition coefficient (Wildman–Crippen LogP) is 3.77. The maximum absolute atomic E-state index is 5.30. The highest BCUT2D eigenvalue weighted by Gasteiger charge is 2.08. The van der Waals surface area contributed by atoms with Gasteiger partial charge in [0.1, 0.15) is 0 Å². The van der Waals surface area contributed by atoms with E-state index in [4.69, 9.17) is 4.52 Å². The second-order valence-corrected chi connectivity index (χ2v) is 4.14. The fourth-order valence-corrected chi connectivity index (χ4v) is 1.41. The van der Waals surface area contributed by atoms with E-state index in [1.54, 1.807) is 0 Å². The van der Waals surface area contributed by atoms with Crippen LogP contribution in [0.1, 0.15) is 31.0 Å². The van der Waals surface area contributed by atoms with Crippen molar-refractivity contribution in [3.63, 3.8) is 0 Å². The van der Waals surface area contributed by atoms with Crippen molar-refractivity contribution in [3.05, 3.63) is 41.6 Å². The Labute approximate surface area is 89.9 Å². The largest absolute Gasteiger partial charge is 0.356 e. The van der Waals surface area contributed by atoms with E-state index in [9.17, 15) is 0 Å². The zero-order valence-corrected chi connectivity index (χ0v) is 9.32. The molecule has 2 aromatic rings. The van der Waals surface area contributed by atoms with Gasteiger partial charge in [-0.1, -0.05) is 48.8 Å². The normalized spacial score (nSPS) is 10.9. The zero-order chi connectivity index (χ0) is 10.8. The molecule has 2 nitrogen and oxygen atoms in total. The minimum absolute atomic E-state index is 0.410. The highest BCUT2D eigenvalue weighted by Crippen LogP contribution is 2.23. The fourth-order valence-electron chi connectivity index (χ4n) is 1.41. The summed E-state index contributed by atoms with van der Waals surface area (Å²) in [4.78, 5) is 0. The summed E-state index contributed by atoms with van der Waals surface area (Å²) < 4.78 is 5.30. The fraction of sp³-hybridized carbons (Fsp3) is 0.308. The molecule has 15 heavy (non-hydrogen) atoms. The topological polar surface area (TPSA) is 26.0 Å². The lowest BCUT2D eigenvalue weighted by Gasteiger charge is -1.95. The molecule has 0 radical (unpaired) electrons. The molecule has 2 heteroatoms. The summed E-state index contributed by atoms with van der Waals surface area (Å²) in [7, 11) is 0. The summed E-state index contributed by atoms with van der Waals surface area (Å²) in [5.41, 5.74) is 3.34. The maximum atomic E-state index is 5.30. The molecule has 0 aliphatic rings. The van der Waals surface area contributed by atoms with Crippen LogP contribution >= 0.6 is 0 Å². The van der Waals surface area contributed by atoms with E-state index in [1.165, 1.54) is 5.56 Å². The van der Waals surface area contributed by atoms with Crippen molar-refractivity contribution in [2.45, 2.75) is 26.7 Å². The van der Waals surface area contributed by atoms with E-state index < -0.39 is 0 Å². The van der Waals surface area contributed by atoms with E-state index in [0.717, 1.165) is 17.0 Å². The zero-order valence-electron chi connectivity index (χ0n) is 9.32. The van der Waals surface area contributed by atoms with Crippen molar-refractivity contribution >= 4 is 0 Å². The number of hydrogen-bond acceptors (Lipinski definition) is 2. The quantitative estimate of drug-likeness (QED) is 0.739. The van der Waals surface area contributed by atoms with Crippen LogP contribution in [0.25, 0.3) is 11.3 Å². The van der Waals surface area contributed by atoms with Gasteiger partial charge in [-0.05, 0) is 12.8 Å². The van der Waals surface area contributed by atoms with Crippen molar-refractivity contribution in [3.8, 4) is 11.3 Å². The molecule has 0 atom stereocenters. The van der Waals surface area contributed by atoms with Gasteiger partial charge in [-0.3, -0.25) is 0 Å². The Hall–Kier alpha value is -1.57. The number of nitrogens with zero attached hydrogens (tertiary/aromatic N) is 1. The molecule has 0 saturated carbocycles. The first-order valence-corrected chi connectivity index (χ1v) is 5.20. The summed E-state index contributed by atoms with van der Waals surface area (Å²) in [6.07, 6.45) is 0. The third-order valence-corrected chi connectivity index (χ3v) is 2.46. The van der Waals surface area contributed by atoms with E-state index >= 15 is 0 Å². The second-order valence-electron chi connectivity index (χ2n) is 4.14.